The molecule has 7 amide bonds. The minimum Gasteiger partial charge on any atom is -0.472 e. The van der Waals surface area contributed by atoms with Gasteiger partial charge in [0, 0.05) is 34.0 Å². The Hall–Kier alpha value is -5.88. The zero-order valence-corrected chi connectivity index (χ0v) is 42.4. The number of rotatable bonds is 24. The molecule has 67 heavy (non-hydrogen) atoms. The minimum absolute atomic E-state index is 0.00673. The predicted molar refractivity (Wildman–Crippen MR) is 250 cm³/mol. The summed E-state index contributed by atoms with van der Waals surface area (Å²) in [6.45, 7) is 20.9. The van der Waals surface area contributed by atoms with Gasteiger partial charge in [-0.05, 0) is 81.0 Å². The van der Waals surface area contributed by atoms with Crippen molar-refractivity contribution < 1.29 is 56.7 Å². The van der Waals surface area contributed by atoms with E-state index in [1.54, 1.807) is 67.5 Å². The highest BCUT2D eigenvalue weighted by Gasteiger charge is 2.40. The molecule has 2 heterocycles. The number of nitrogens with one attached hydrogen (secondary N) is 4. The fourth-order valence-corrected chi connectivity index (χ4v) is 7.14. The van der Waals surface area contributed by atoms with Gasteiger partial charge in [-0.1, -0.05) is 61.8 Å². The van der Waals surface area contributed by atoms with Crippen LogP contribution in [-0.2, 0) is 55.9 Å². The number of furan rings is 2. The summed E-state index contributed by atoms with van der Waals surface area (Å²) >= 11 is 0. The Morgan fingerprint density at radius 2 is 1.07 bits per heavy atom. The molecule has 19 heteroatoms. The Balaban J connectivity index is 2.41. The molecule has 4 N–H and O–H groups in total. The summed E-state index contributed by atoms with van der Waals surface area (Å²) in [5, 5.41) is 11.2. The van der Waals surface area contributed by atoms with Gasteiger partial charge in [0.1, 0.15) is 47.9 Å². The first-order valence-electron chi connectivity index (χ1n) is 23.0. The monoisotopic (exact) mass is 944 g/mol. The lowest BCUT2D eigenvalue weighted by Crippen LogP contribution is -2.62. The molecule has 0 aromatic carbocycles. The number of hydrogen-bond donors (Lipinski definition) is 4. The van der Waals surface area contributed by atoms with E-state index in [1.165, 1.54) is 70.0 Å². The lowest BCUT2D eigenvalue weighted by atomic mass is 9.95. The zero-order chi connectivity index (χ0) is 51.1. The molecule has 0 aliphatic carbocycles. The van der Waals surface area contributed by atoms with Gasteiger partial charge in [0.15, 0.2) is 0 Å². The molecule has 0 aliphatic heterocycles. The van der Waals surface area contributed by atoms with Crippen molar-refractivity contribution >= 4 is 47.5 Å². The van der Waals surface area contributed by atoms with Crippen molar-refractivity contribution in [1.29, 1.82) is 0 Å². The number of carbonyl (C=O) groups excluding carboxylic acids is 8. The highest BCUT2D eigenvalue weighted by Crippen LogP contribution is 2.19. The Morgan fingerprint density at radius 3 is 1.49 bits per heavy atom. The maximum atomic E-state index is 14.4. The molecule has 0 aliphatic rings. The van der Waals surface area contributed by atoms with Gasteiger partial charge >= 0.3 is 12.1 Å². The number of nitrogens with zero attached hydrogens (tertiary/aromatic N) is 3. The van der Waals surface area contributed by atoms with Crippen molar-refractivity contribution in [3.63, 3.8) is 0 Å². The molecule has 2 aromatic heterocycles. The van der Waals surface area contributed by atoms with Crippen LogP contribution in [-0.4, -0.2) is 138 Å². The third-order valence-electron chi connectivity index (χ3n) is 11.7. The van der Waals surface area contributed by atoms with Crippen LogP contribution in [0.1, 0.15) is 107 Å². The van der Waals surface area contributed by atoms with E-state index in [1.807, 2.05) is 20.8 Å². The number of carbonyl (C=O) groups is 8. The van der Waals surface area contributed by atoms with E-state index >= 15 is 0 Å². The Morgan fingerprint density at radius 1 is 0.627 bits per heavy atom. The van der Waals surface area contributed by atoms with E-state index < -0.39 is 113 Å². The van der Waals surface area contributed by atoms with Crippen molar-refractivity contribution in [3.8, 4) is 0 Å². The molecule has 0 fully saturated rings. The van der Waals surface area contributed by atoms with Crippen LogP contribution < -0.4 is 21.3 Å². The first kappa shape index (κ1) is 57.2. The molecule has 0 saturated carbocycles. The van der Waals surface area contributed by atoms with Crippen molar-refractivity contribution in [2.75, 3.05) is 28.3 Å². The number of esters is 1. The van der Waals surface area contributed by atoms with E-state index in [-0.39, 0.29) is 18.8 Å². The molecule has 19 nitrogen and oxygen atoms in total. The molecule has 2 rings (SSSR count). The van der Waals surface area contributed by atoms with Crippen LogP contribution in [0.4, 0.5) is 4.79 Å². The molecule has 0 saturated heterocycles. The quantitative estimate of drug-likeness (QED) is 0.109. The Bertz CT molecular complexity index is 1940. The summed E-state index contributed by atoms with van der Waals surface area (Å²) in [6.07, 6.45) is 5.80. The van der Waals surface area contributed by atoms with Crippen LogP contribution >= 0.6 is 0 Å². The Kier molecular flexibility index (Phi) is 22.1. The minimum atomic E-state index is -1.19. The molecular weight excluding hydrogens is 867 g/mol. The normalized spacial score (nSPS) is 15.2. The highest BCUT2D eigenvalue weighted by atomic mass is 16.6. The maximum absolute atomic E-state index is 14.4. The summed E-state index contributed by atoms with van der Waals surface area (Å²) in [5.41, 5.74) is 0.393. The van der Waals surface area contributed by atoms with Crippen molar-refractivity contribution in [2.45, 2.75) is 157 Å². The molecule has 8 atom stereocenters. The number of methoxy groups -OCH3 is 1. The maximum Gasteiger partial charge on any atom is 0.410 e. The molecule has 2 aromatic rings. The smallest absolute Gasteiger partial charge is 0.410 e. The van der Waals surface area contributed by atoms with E-state index in [0.717, 1.165) is 4.90 Å². The third-order valence-corrected chi connectivity index (χ3v) is 11.7. The second-order valence-electron chi connectivity index (χ2n) is 19.4. The molecular formula is C48H77N7O12. The van der Waals surface area contributed by atoms with E-state index in [4.69, 9.17) is 18.3 Å². The number of ether oxygens (including phenoxy) is 2. The average Bonchev–Trinajstić information content (AvgIpc) is 3.99. The van der Waals surface area contributed by atoms with E-state index in [9.17, 15) is 38.4 Å². The van der Waals surface area contributed by atoms with Crippen LogP contribution in [0.2, 0.25) is 0 Å². The zero-order valence-electron chi connectivity index (χ0n) is 42.4. The SMILES string of the molecule is CC[C@H](C)[C@@H](NC(=O)[C@@H](Cc1ccoc1)N(C)C(=O)[C@H](C)N(C)C(=O)OC(C)(C)C)C(=O)N[C@@H](C(=O)N[C@H](C(=O)N(C)[C@@H](Cc1ccoc1)C(=O)N[C@@H](CC(C)C)C(=O)OC)C(C)C)C(C)C. The van der Waals surface area contributed by atoms with Gasteiger partial charge in [-0.15, -0.1) is 0 Å². The van der Waals surface area contributed by atoms with Gasteiger partial charge in [0.2, 0.25) is 35.4 Å². The third kappa shape index (κ3) is 17.1. The molecule has 0 unspecified atom stereocenters. The summed E-state index contributed by atoms with van der Waals surface area (Å²) in [7, 11) is 5.53. The number of hydrogen-bond acceptors (Lipinski definition) is 12. The topological polar surface area (TPSA) is 239 Å². The lowest BCUT2D eigenvalue weighted by molar-refractivity contribution is -0.148. The summed E-state index contributed by atoms with van der Waals surface area (Å²) < 4.78 is 20.9. The molecule has 376 valence electrons. The van der Waals surface area contributed by atoms with Crippen molar-refractivity contribution in [1.82, 2.24) is 36.0 Å². The van der Waals surface area contributed by atoms with Crippen LogP contribution in [0, 0.1) is 23.7 Å². The van der Waals surface area contributed by atoms with Gasteiger partial charge in [0.25, 0.3) is 0 Å². The molecule has 0 bridgehead atoms. The standard InChI is InChI=1S/C48H77N7O12/c1-17-30(8)39(52-41(57)36(24-33-19-21-66-26-33)54(14)44(60)31(9)53(13)47(63)67-48(10,11)12)43(59)50-37(28(4)5)42(58)51-38(29(6)7)45(61)55(15)35(23-32-18-20-65-25-32)40(56)49-34(22-27(2)3)46(62)64-16/h18-21,25-31,34-39H,17,22-24H2,1-16H3,(H,49,56)(H,50,59)(H,51,58)(H,52,57)/t30-,31-,34-,35-,36+,37+,38-,39+/m0/s1. The number of amides is 7. The highest BCUT2D eigenvalue weighted by molar-refractivity contribution is 5.97. The van der Waals surface area contributed by atoms with Crippen LogP contribution in [0.25, 0.3) is 0 Å². The van der Waals surface area contributed by atoms with Crippen molar-refractivity contribution in [2.24, 2.45) is 23.7 Å². The first-order chi connectivity index (χ1) is 31.1. The van der Waals surface area contributed by atoms with Gasteiger partial charge in [-0.2, -0.15) is 0 Å². The first-order valence-corrected chi connectivity index (χ1v) is 23.0. The second kappa shape index (κ2) is 25.9. The van der Waals surface area contributed by atoms with Crippen LogP contribution in [0.15, 0.2) is 46.0 Å². The van der Waals surface area contributed by atoms with Crippen LogP contribution in [0.3, 0.4) is 0 Å². The summed E-state index contributed by atoms with van der Waals surface area (Å²) in [5.74, 6) is -5.85. The lowest BCUT2D eigenvalue weighted by Gasteiger charge is -2.35. The molecule has 0 radical (unpaired) electrons. The van der Waals surface area contributed by atoms with E-state index in [0.29, 0.717) is 24.0 Å². The van der Waals surface area contributed by atoms with Gasteiger partial charge in [-0.25, -0.2) is 9.59 Å². The summed E-state index contributed by atoms with van der Waals surface area (Å²) in [6, 6.07) is -4.54. The van der Waals surface area contributed by atoms with E-state index in [2.05, 4.69) is 21.3 Å². The second-order valence-corrected chi connectivity index (χ2v) is 19.4. The van der Waals surface area contributed by atoms with Gasteiger partial charge < -0.3 is 49.4 Å². The fourth-order valence-electron chi connectivity index (χ4n) is 7.14. The van der Waals surface area contributed by atoms with Gasteiger partial charge in [0.05, 0.1) is 32.2 Å². The number of likely N-dealkylation sites (N-methyl/N-ethyl adjacent to an activating group) is 3. The average molecular weight is 944 g/mol. The molecule has 0 spiro atoms. The fraction of sp³-hybridized carbons (Fsp3) is 0.667. The van der Waals surface area contributed by atoms with Crippen LogP contribution in [0.5, 0.6) is 0 Å². The Labute approximate surface area is 396 Å². The predicted octanol–water partition coefficient (Wildman–Crippen LogP) is 4.08. The van der Waals surface area contributed by atoms with Crippen molar-refractivity contribution in [3.05, 3.63) is 48.3 Å². The van der Waals surface area contributed by atoms with Gasteiger partial charge in [-0.3, -0.25) is 33.7 Å². The largest absolute Gasteiger partial charge is 0.472 e. The summed E-state index contributed by atoms with van der Waals surface area (Å²) in [4.78, 5) is 114.